The van der Waals surface area contributed by atoms with Crippen molar-refractivity contribution in [1.29, 1.82) is 0 Å². The number of rotatable bonds is 11. The van der Waals surface area contributed by atoms with Gasteiger partial charge in [0.1, 0.15) is 11.6 Å². The molecule has 0 bridgehead atoms. The second-order valence-electron chi connectivity index (χ2n) is 19.0. The summed E-state index contributed by atoms with van der Waals surface area (Å²) in [4.78, 5) is 16.4. The topological polar surface area (TPSA) is 48.5 Å². The van der Waals surface area contributed by atoms with Crippen LogP contribution in [0.4, 0.5) is 0 Å². The average Bonchev–Trinajstić information content (AvgIpc) is 3.99. The van der Waals surface area contributed by atoms with Gasteiger partial charge < -0.3 is 0 Å². The first kappa shape index (κ1) is 44.9. The van der Waals surface area contributed by atoms with Gasteiger partial charge in [0.05, 0.1) is 33.6 Å². The number of allylic oxidation sites excluding steroid dienone is 2. The molecule has 0 saturated carbocycles. The molecule has 9 aromatic carbocycles. The van der Waals surface area contributed by atoms with Crippen LogP contribution in [0.15, 0.2) is 267 Å². The van der Waals surface area contributed by atoms with Crippen molar-refractivity contribution in [3.63, 3.8) is 0 Å². The lowest BCUT2D eigenvalue weighted by Gasteiger charge is -2.16. The summed E-state index contributed by atoms with van der Waals surface area (Å²) in [5.74, 6) is 2.15. The van der Waals surface area contributed by atoms with Gasteiger partial charge in [0.15, 0.2) is 5.82 Å². The molecule has 13 aromatic rings. The van der Waals surface area contributed by atoms with Gasteiger partial charge in [-0.3, -0.25) is 9.13 Å². The van der Waals surface area contributed by atoms with Crippen LogP contribution in [0.3, 0.4) is 0 Å². The molecule has 0 aliphatic heterocycles. The smallest absolute Gasteiger partial charge is 0.160 e. The number of hydrogen-bond donors (Lipinski definition) is 0. The van der Waals surface area contributed by atoms with Crippen LogP contribution in [0.2, 0.25) is 0 Å². The maximum Gasteiger partial charge on any atom is 0.160 e. The van der Waals surface area contributed by atoms with Crippen LogP contribution in [0.25, 0.3) is 123 Å². The summed E-state index contributed by atoms with van der Waals surface area (Å²) >= 11 is 0. The molecule has 5 nitrogen and oxygen atoms in total. The molecule has 0 aliphatic carbocycles. The Bertz CT molecular complexity index is 4120. The van der Waals surface area contributed by atoms with E-state index in [0.29, 0.717) is 5.82 Å². The second kappa shape index (κ2) is 19.2. The maximum absolute atomic E-state index is 5.81. The lowest BCUT2D eigenvalue weighted by molar-refractivity contribution is 0.983. The van der Waals surface area contributed by atoms with Crippen LogP contribution in [-0.4, -0.2) is 24.1 Å². The zero-order chi connectivity index (χ0) is 50.2. The summed E-state index contributed by atoms with van der Waals surface area (Å²) in [6.07, 6.45) is 4.32. The Morgan fingerprint density at radius 3 is 1.25 bits per heavy atom. The number of aryl methyl sites for hydroxylation is 1. The average molecular weight is 960 g/mol. The third-order valence-electron chi connectivity index (χ3n) is 14.3. The molecule has 354 valence electrons. The van der Waals surface area contributed by atoms with E-state index in [1.807, 2.05) is 30.3 Å². The summed E-state index contributed by atoms with van der Waals surface area (Å²) < 4.78 is 4.64. The van der Waals surface area contributed by atoms with Crippen molar-refractivity contribution in [2.45, 2.75) is 6.92 Å². The van der Waals surface area contributed by atoms with Crippen LogP contribution in [0, 0.1) is 6.92 Å². The number of fused-ring (bicyclic) bond motifs is 4. The highest BCUT2D eigenvalue weighted by Crippen LogP contribution is 2.40. The predicted octanol–water partition coefficient (Wildman–Crippen LogP) is 17.9. The molecule has 0 atom stereocenters. The Labute approximate surface area is 436 Å². The highest BCUT2D eigenvalue weighted by atomic mass is 15.1. The maximum atomic E-state index is 5.81. The Morgan fingerprint density at radius 2 is 0.760 bits per heavy atom. The summed E-state index contributed by atoms with van der Waals surface area (Å²) in [7, 11) is 0. The molecule has 75 heavy (non-hydrogen) atoms. The van der Waals surface area contributed by atoms with Gasteiger partial charge in [-0.2, -0.15) is 0 Å². The predicted molar refractivity (Wildman–Crippen MR) is 313 cm³/mol. The van der Waals surface area contributed by atoms with Gasteiger partial charge >= 0.3 is 0 Å². The van der Waals surface area contributed by atoms with E-state index in [1.54, 1.807) is 0 Å². The molecule has 0 fully saturated rings. The second-order valence-corrected chi connectivity index (χ2v) is 19.0. The van der Waals surface area contributed by atoms with Gasteiger partial charge in [-0.25, -0.2) is 15.0 Å². The van der Waals surface area contributed by atoms with Crippen LogP contribution in [-0.2, 0) is 0 Å². The standard InChI is InChI=1S/C70H49N5/c1-47(49-21-9-3-10-22-49)33-37-64-48(2)59-41-55(50-23-11-4-12-24-50)34-38-65(59)74(64)68-44-58(63-46-62(53-29-17-7-18-30-53)71-70(72-63)54-31-19-8-20-32-54)45-69(73-68)75-66-39-35-56(51-25-13-5-14-26-51)42-60(66)61-43-57(36-40-67(61)75)52-27-15-6-16-28-52/h3-46H,1H2,2H3/b37-33-. The molecule has 0 N–H and O–H groups in total. The molecule has 0 radical (unpaired) electrons. The Hall–Kier alpha value is -9.97. The molecule has 0 unspecified atom stereocenters. The van der Waals surface area contributed by atoms with E-state index in [-0.39, 0.29) is 0 Å². The monoisotopic (exact) mass is 959 g/mol. The van der Waals surface area contributed by atoms with Crippen molar-refractivity contribution in [3.8, 4) is 78.9 Å². The van der Waals surface area contributed by atoms with Crippen LogP contribution in [0.1, 0.15) is 16.8 Å². The van der Waals surface area contributed by atoms with Crippen LogP contribution >= 0.6 is 0 Å². The van der Waals surface area contributed by atoms with Crippen LogP contribution < -0.4 is 0 Å². The highest BCUT2D eigenvalue weighted by Gasteiger charge is 2.22. The third kappa shape index (κ3) is 8.52. The normalized spacial score (nSPS) is 11.5. The quantitative estimate of drug-likeness (QED) is 0.121. The van der Waals surface area contributed by atoms with E-state index >= 15 is 0 Å². The Kier molecular flexibility index (Phi) is 11.5. The molecular formula is C70H49N5. The van der Waals surface area contributed by atoms with Gasteiger partial charge in [-0.15, -0.1) is 0 Å². The molecule has 13 rings (SSSR count). The summed E-state index contributed by atoms with van der Waals surface area (Å²) in [6, 6.07) is 89.7. The first-order valence-electron chi connectivity index (χ1n) is 25.4. The minimum absolute atomic E-state index is 0.643. The fraction of sp³-hybridized carbons (Fsp3) is 0.0143. The fourth-order valence-electron chi connectivity index (χ4n) is 10.5. The lowest BCUT2D eigenvalue weighted by Crippen LogP contribution is -2.06. The van der Waals surface area contributed by atoms with E-state index in [1.165, 1.54) is 0 Å². The Balaban J connectivity index is 1.11. The SMILES string of the molecule is C=C(/C=C\c1c(C)c2cc(-c3ccccc3)ccc2n1-c1cc(-c2cc(-c3ccccc3)nc(-c3ccccc3)n2)cc(-n2c3ccc(-c4ccccc4)cc3c3cc(-c4ccccc4)ccc32)n1)c1ccccc1. The van der Waals surface area contributed by atoms with Gasteiger partial charge in [0.2, 0.25) is 0 Å². The molecule has 4 aromatic heterocycles. The van der Waals surface area contributed by atoms with Gasteiger partial charge in [-0.05, 0) is 118 Å². The zero-order valence-electron chi connectivity index (χ0n) is 41.3. The van der Waals surface area contributed by atoms with Gasteiger partial charge in [-0.1, -0.05) is 213 Å². The lowest BCUT2D eigenvalue weighted by atomic mass is 10.0. The fourth-order valence-corrected chi connectivity index (χ4v) is 10.5. The van der Waals surface area contributed by atoms with Gasteiger partial charge in [0.25, 0.3) is 0 Å². The minimum Gasteiger partial charge on any atom is -0.294 e. The van der Waals surface area contributed by atoms with Crippen molar-refractivity contribution < 1.29 is 0 Å². The number of hydrogen-bond acceptors (Lipinski definition) is 3. The summed E-state index contributed by atoms with van der Waals surface area (Å²) in [5, 5.41) is 3.40. The molecule has 0 amide bonds. The van der Waals surface area contributed by atoms with Crippen molar-refractivity contribution in [3.05, 3.63) is 284 Å². The van der Waals surface area contributed by atoms with Gasteiger partial charge in [0, 0.05) is 32.8 Å². The highest BCUT2D eigenvalue weighted by molar-refractivity contribution is 6.11. The number of aromatic nitrogens is 5. The molecule has 0 spiro atoms. The van der Waals surface area contributed by atoms with E-state index in [9.17, 15) is 0 Å². The van der Waals surface area contributed by atoms with E-state index < -0.39 is 0 Å². The van der Waals surface area contributed by atoms with E-state index in [4.69, 9.17) is 15.0 Å². The first-order valence-corrected chi connectivity index (χ1v) is 25.4. The van der Waals surface area contributed by atoms with Crippen molar-refractivity contribution in [2.24, 2.45) is 0 Å². The third-order valence-corrected chi connectivity index (χ3v) is 14.3. The van der Waals surface area contributed by atoms with E-state index in [0.717, 1.165) is 128 Å². The number of nitrogens with zero attached hydrogens (tertiary/aromatic N) is 5. The molecule has 5 heteroatoms. The van der Waals surface area contributed by atoms with Crippen molar-refractivity contribution in [2.75, 3.05) is 0 Å². The Morgan fingerprint density at radius 1 is 0.360 bits per heavy atom. The first-order chi connectivity index (χ1) is 37.0. The summed E-state index contributed by atoms with van der Waals surface area (Å²) in [5.41, 5.74) is 18.6. The minimum atomic E-state index is 0.643. The zero-order valence-corrected chi connectivity index (χ0v) is 41.3. The number of pyridine rings is 1. The van der Waals surface area contributed by atoms with E-state index in [2.05, 4.69) is 259 Å². The number of benzene rings is 9. The molecule has 0 saturated heterocycles. The molecule has 0 aliphatic rings. The largest absolute Gasteiger partial charge is 0.294 e. The van der Waals surface area contributed by atoms with Crippen molar-refractivity contribution in [1.82, 2.24) is 24.1 Å². The summed E-state index contributed by atoms with van der Waals surface area (Å²) in [6.45, 7) is 6.74. The van der Waals surface area contributed by atoms with Crippen molar-refractivity contribution >= 4 is 44.4 Å². The molecule has 4 heterocycles. The molecular weight excluding hydrogens is 911 g/mol. The van der Waals surface area contributed by atoms with Crippen LogP contribution in [0.5, 0.6) is 0 Å².